The first-order chi connectivity index (χ1) is 6.07. The third kappa shape index (κ3) is 1.56. The maximum absolute atomic E-state index is 12.8. The van der Waals surface area contributed by atoms with Crippen LogP contribution in [-0.4, -0.2) is 23.2 Å². The summed E-state index contributed by atoms with van der Waals surface area (Å²) in [6.45, 7) is 0. The van der Waals surface area contributed by atoms with Crippen molar-refractivity contribution in [3.8, 4) is 5.88 Å². The Morgan fingerprint density at radius 1 is 1.54 bits per heavy atom. The average Bonchev–Trinajstić information content (AvgIpc) is 2.09. The first kappa shape index (κ1) is 9.37. The van der Waals surface area contributed by atoms with Crippen molar-refractivity contribution < 1.29 is 23.4 Å². The average molecular weight is 189 g/mol. The van der Waals surface area contributed by atoms with Gasteiger partial charge in [-0.25, -0.2) is 14.2 Å². The zero-order valence-corrected chi connectivity index (χ0v) is 6.54. The Bertz CT molecular complexity index is 354. The van der Waals surface area contributed by atoms with E-state index in [2.05, 4.69) is 9.72 Å². The molecule has 0 radical (unpaired) electrons. The number of methoxy groups -OCH3 is 1. The second-order valence-corrected chi connectivity index (χ2v) is 2.11. The van der Waals surface area contributed by atoms with Gasteiger partial charge >= 0.3 is 5.97 Å². The number of aromatic carboxylic acids is 1. The maximum atomic E-state index is 12.8. The number of carboxylic acids is 1. The van der Waals surface area contributed by atoms with Crippen LogP contribution in [0.2, 0.25) is 0 Å². The molecule has 0 aliphatic heterocycles. The molecule has 0 saturated heterocycles. The molecule has 0 amide bonds. The largest absolute Gasteiger partial charge is 0.479 e. The fourth-order valence-corrected chi connectivity index (χ4v) is 0.740. The molecule has 0 atom stereocenters. The lowest BCUT2D eigenvalue weighted by Gasteiger charge is -2.02. The standard InChI is InChI=1S/C7H5F2NO3/c1-13-6-5(9)4(8)3(2-10-6)7(11)12/h2H,1H3,(H,11,12). The molecule has 0 bridgehead atoms. The Morgan fingerprint density at radius 2 is 2.15 bits per heavy atom. The summed E-state index contributed by atoms with van der Waals surface area (Å²) in [5.74, 6) is -5.02. The van der Waals surface area contributed by atoms with Gasteiger partial charge in [-0.1, -0.05) is 0 Å². The zero-order chi connectivity index (χ0) is 10.0. The first-order valence-electron chi connectivity index (χ1n) is 3.19. The second-order valence-electron chi connectivity index (χ2n) is 2.11. The topological polar surface area (TPSA) is 59.4 Å². The van der Waals surface area contributed by atoms with Crippen LogP contribution >= 0.6 is 0 Å². The van der Waals surface area contributed by atoms with Crippen LogP contribution in [0.25, 0.3) is 0 Å². The summed E-state index contributed by atoms with van der Waals surface area (Å²) in [5.41, 5.74) is -0.821. The summed E-state index contributed by atoms with van der Waals surface area (Å²) in [7, 11) is 1.10. The van der Waals surface area contributed by atoms with Gasteiger partial charge in [-0.2, -0.15) is 4.39 Å². The minimum absolute atomic E-state index is 0.567. The Kier molecular flexibility index (Phi) is 2.41. The van der Waals surface area contributed by atoms with Crippen LogP contribution in [0.15, 0.2) is 6.20 Å². The van der Waals surface area contributed by atoms with Crippen LogP contribution in [0.3, 0.4) is 0 Å². The Balaban J connectivity index is 3.31. The molecule has 0 aliphatic carbocycles. The van der Waals surface area contributed by atoms with Gasteiger partial charge in [0.1, 0.15) is 5.56 Å². The molecule has 70 valence electrons. The maximum Gasteiger partial charge on any atom is 0.340 e. The van der Waals surface area contributed by atoms with Crippen LogP contribution < -0.4 is 4.74 Å². The van der Waals surface area contributed by atoms with E-state index in [1.54, 1.807) is 0 Å². The molecule has 1 N–H and O–H groups in total. The lowest BCUT2D eigenvalue weighted by Crippen LogP contribution is -2.05. The molecule has 0 saturated carbocycles. The van der Waals surface area contributed by atoms with Crippen LogP contribution in [0.1, 0.15) is 10.4 Å². The number of hydrogen-bond donors (Lipinski definition) is 1. The van der Waals surface area contributed by atoms with Gasteiger partial charge in [0.2, 0.25) is 5.82 Å². The van der Waals surface area contributed by atoms with Crippen molar-refractivity contribution in [1.82, 2.24) is 4.98 Å². The predicted molar refractivity (Wildman–Crippen MR) is 37.7 cm³/mol. The van der Waals surface area contributed by atoms with E-state index in [4.69, 9.17) is 5.11 Å². The number of carbonyl (C=O) groups is 1. The fourth-order valence-electron chi connectivity index (χ4n) is 0.740. The van der Waals surface area contributed by atoms with E-state index >= 15 is 0 Å². The van der Waals surface area contributed by atoms with Crippen molar-refractivity contribution >= 4 is 5.97 Å². The first-order valence-corrected chi connectivity index (χ1v) is 3.19. The lowest BCUT2D eigenvalue weighted by atomic mass is 10.2. The zero-order valence-electron chi connectivity index (χ0n) is 6.54. The van der Waals surface area contributed by atoms with Crippen molar-refractivity contribution in [3.63, 3.8) is 0 Å². The smallest absolute Gasteiger partial charge is 0.340 e. The van der Waals surface area contributed by atoms with Gasteiger partial charge in [-0.3, -0.25) is 0 Å². The summed E-state index contributed by atoms with van der Waals surface area (Å²) in [4.78, 5) is 13.5. The number of nitrogens with zero attached hydrogens (tertiary/aromatic N) is 1. The van der Waals surface area contributed by atoms with Crippen LogP contribution in [0, 0.1) is 11.6 Å². The van der Waals surface area contributed by atoms with Crippen molar-refractivity contribution in [3.05, 3.63) is 23.4 Å². The molecule has 0 spiro atoms. The highest BCUT2D eigenvalue weighted by atomic mass is 19.2. The summed E-state index contributed by atoms with van der Waals surface area (Å²) in [5, 5.41) is 8.37. The summed E-state index contributed by atoms with van der Waals surface area (Å²) >= 11 is 0. The van der Waals surface area contributed by atoms with Crippen molar-refractivity contribution in [1.29, 1.82) is 0 Å². The Hall–Kier alpha value is -1.72. The van der Waals surface area contributed by atoms with E-state index in [0.29, 0.717) is 6.20 Å². The molecular formula is C7H5F2NO3. The van der Waals surface area contributed by atoms with E-state index in [9.17, 15) is 13.6 Å². The van der Waals surface area contributed by atoms with E-state index in [-0.39, 0.29) is 0 Å². The van der Waals surface area contributed by atoms with Gasteiger partial charge in [0.05, 0.1) is 7.11 Å². The van der Waals surface area contributed by atoms with Gasteiger partial charge in [0, 0.05) is 6.20 Å². The van der Waals surface area contributed by atoms with Crippen molar-refractivity contribution in [2.24, 2.45) is 0 Å². The van der Waals surface area contributed by atoms with Gasteiger partial charge in [-0.15, -0.1) is 0 Å². The molecule has 13 heavy (non-hydrogen) atoms. The number of halogens is 2. The number of hydrogen-bond acceptors (Lipinski definition) is 3. The molecule has 0 unspecified atom stereocenters. The third-order valence-electron chi connectivity index (χ3n) is 1.35. The van der Waals surface area contributed by atoms with Crippen LogP contribution in [0.5, 0.6) is 5.88 Å². The molecule has 1 aromatic heterocycles. The minimum Gasteiger partial charge on any atom is -0.479 e. The van der Waals surface area contributed by atoms with Gasteiger partial charge in [0.15, 0.2) is 5.82 Å². The fraction of sp³-hybridized carbons (Fsp3) is 0.143. The molecule has 0 aromatic carbocycles. The van der Waals surface area contributed by atoms with E-state index in [1.165, 1.54) is 0 Å². The van der Waals surface area contributed by atoms with Gasteiger partial charge in [0.25, 0.3) is 5.88 Å². The van der Waals surface area contributed by atoms with Gasteiger partial charge < -0.3 is 9.84 Å². The van der Waals surface area contributed by atoms with Crippen LogP contribution in [0.4, 0.5) is 8.78 Å². The van der Waals surface area contributed by atoms with Crippen LogP contribution in [-0.2, 0) is 0 Å². The summed E-state index contributed by atoms with van der Waals surface area (Å²) in [6.07, 6.45) is 0.694. The molecule has 1 aromatic rings. The number of rotatable bonds is 2. The predicted octanol–water partition coefficient (Wildman–Crippen LogP) is 1.07. The summed E-state index contributed by atoms with van der Waals surface area (Å²) in [6, 6.07) is 0. The number of aromatic nitrogens is 1. The van der Waals surface area contributed by atoms with Crippen molar-refractivity contribution in [2.75, 3.05) is 7.11 Å². The normalized spacial score (nSPS) is 9.77. The highest BCUT2D eigenvalue weighted by Gasteiger charge is 2.19. The molecule has 0 fully saturated rings. The SMILES string of the molecule is COc1ncc(C(=O)O)c(F)c1F. The number of carboxylic acid groups (broad SMARTS) is 1. The summed E-state index contributed by atoms with van der Waals surface area (Å²) < 4.78 is 30.0. The molecular weight excluding hydrogens is 184 g/mol. The third-order valence-corrected chi connectivity index (χ3v) is 1.35. The lowest BCUT2D eigenvalue weighted by molar-refractivity contribution is 0.0689. The number of pyridine rings is 1. The molecule has 4 nitrogen and oxygen atoms in total. The van der Waals surface area contributed by atoms with E-state index in [0.717, 1.165) is 7.11 Å². The quantitative estimate of drug-likeness (QED) is 0.755. The highest BCUT2D eigenvalue weighted by molar-refractivity contribution is 5.87. The molecule has 1 heterocycles. The van der Waals surface area contributed by atoms with Crippen molar-refractivity contribution in [2.45, 2.75) is 0 Å². The Labute approximate surface area is 71.8 Å². The molecule has 1 rings (SSSR count). The van der Waals surface area contributed by atoms with E-state index in [1.807, 2.05) is 0 Å². The molecule has 6 heteroatoms. The minimum atomic E-state index is -1.58. The Morgan fingerprint density at radius 3 is 2.62 bits per heavy atom. The monoisotopic (exact) mass is 189 g/mol. The molecule has 0 aliphatic rings. The number of ether oxygens (including phenoxy) is 1. The second kappa shape index (κ2) is 3.34. The highest BCUT2D eigenvalue weighted by Crippen LogP contribution is 2.18. The van der Waals surface area contributed by atoms with Gasteiger partial charge in [-0.05, 0) is 0 Å². The van der Waals surface area contributed by atoms with E-state index < -0.39 is 29.0 Å².